The van der Waals surface area contributed by atoms with E-state index in [9.17, 15) is 4.79 Å². The normalized spacial score (nSPS) is 13.8. The average molecular weight is 281 g/mol. The summed E-state index contributed by atoms with van der Waals surface area (Å²) in [4.78, 5) is 10.8. The minimum Gasteiger partial charge on any atom is -0.494 e. The number of ether oxygens (including phenoxy) is 2. The third-order valence-electron chi connectivity index (χ3n) is 3.12. The molecule has 0 aromatic heterocycles. The van der Waals surface area contributed by atoms with Gasteiger partial charge in [0.05, 0.1) is 13.2 Å². The number of hydrogen-bond acceptors (Lipinski definition) is 4. The van der Waals surface area contributed by atoms with Crippen LogP contribution in [0.15, 0.2) is 24.3 Å². The largest absolute Gasteiger partial charge is 0.494 e. The Bertz CT molecular complexity index is 414. The predicted octanol–water partition coefficient (Wildman–Crippen LogP) is 1.84. The Kier molecular flexibility index (Phi) is 6.48. The summed E-state index contributed by atoms with van der Waals surface area (Å²) in [7, 11) is 1.68. The zero-order valence-electron chi connectivity index (χ0n) is 12.1. The average Bonchev–Trinajstić information content (AvgIpc) is 2.42. The van der Waals surface area contributed by atoms with Crippen LogP contribution in [0.2, 0.25) is 0 Å². The van der Waals surface area contributed by atoms with E-state index in [4.69, 9.17) is 20.3 Å². The summed E-state index contributed by atoms with van der Waals surface area (Å²) in [5.41, 5.74) is 5.65. The van der Waals surface area contributed by atoms with Crippen molar-refractivity contribution < 1.29 is 19.4 Å². The number of carboxylic acid groups (broad SMARTS) is 1. The van der Waals surface area contributed by atoms with E-state index in [2.05, 4.69) is 0 Å². The highest BCUT2D eigenvalue weighted by molar-refractivity contribution is 5.77. The van der Waals surface area contributed by atoms with Crippen LogP contribution >= 0.6 is 0 Å². The van der Waals surface area contributed by atoms with Gasteiger partial charge in [-0.05, 0) is 43.9 Å². The second kappa shape index (κ2) is 7.87. The summed E-state index contributed by atoms with van der Waals surface area (Å²) in [6, 6.07) is 7.81. The summed E-state index contributed by atoms with van der Waals surface area (Å²) >= 11 is 0. The minimum atomic E-state index is -1.19. The van der Waals surface area contributed by atoms with Gasteiger partial charge in [0.25, 0.3) is 0 Å². The number of nitrogens with two attached hydrogens (primary N) is 1. The molecule has 0 amide bonds. The zero-order chi connectivity index (χ0) is 15.0. The number of benzene rings is 1. The van der Waals surface area contributed by atoms with Gasteiger partial charge >= 0.3 is 5.97 Å². The van der Waals surface area contributed by atoms with Crippen LogP contribution in [-0.2, 0) is 16.0 Å². The molecule has 5 heteroatoms. The van der Waals surface area contributed by atoms with Crippen molar-refractivity contribution in [1.29, 1.82) is 0 Å². The van der Waals surface area contributed by atoms with E-state index in [0.717, 1.165) is 12.2 Å². The van der Waals surface area contributed by atoms with E-state index in [1.165, 1.54) is 12.5 Å². The van der Waals surface area contributed by atoms with E-state index >= 15 is 0 Å². The molecular formula is C15H23NO4. The molecule has 0 bridgehead atoms. The Balaban J connectivity index is 2.30. The highest BCUT2D eigenvalue weighted by atomic mass is 16.5. The van der Waals surface area contributed by atoms with E-state index in [1.807, 2.05) is 24.3 Å². The maximum atomic E-state index is 10.8. The summed E-state index contributed by atoms with van der Waals surface area (Å²) in [6.07, 6.45) is 1.86. The van der Waals surface area contributed by atoms with Gasteiger partial charge in [-0.25, -0.2) is 0 Å². The number of rotatable bonds is 9. The number of carboxylic acids is 1. The van der Waals surface area contributed by atoms with Crippen molar-refractivity contribution in [2.24, 2.45) is 5.73 Å². The van der Waals surface area contributed by atoms with E-state index < -0.39 is 11.5 Å². The van der Waals surface area contributed by atoms with Crippen LogP contribution in [0.3, 0.4) is 0 Å². The van der Waals surface area contributed by atoms with Crippen molar-refractivity contribution in [3.63, 3.8) is 0 Å². The van der Waals surface area contributed by atoms with Gasteiger partial charge in [0, 0.05) is 7.11 Å². The fraction of sp³-hybridized carbons (Fsp3) is 0.533. The van der Waals surface area contributed by atoms with Crippen molar-refractivity contribution >= 4 is 5.97 Å². The molecule has 0 saturated heterocycles. The fourth-order valence-corrected chi connectivity index (χ4v) is 1.71. The van der Waals surface area contributed by atoms with Crippen LogP contribution in [0.1, 0.15) is 25.3 Å². The second-order valence-electron chi connectivity index (χ2n) is 5.06. The van der Waals surface area contributed by atoms with Crippen molar-refractivity contribution in [3.8, 4) is 5.75 Å². The molecule has 0 aliphatic rings. The van der Waals surface area contributed by atoms with Gasteiger partial charge in [0.2, 0.25) is 0 Å². The van der Waals surface area contributed by atoms with Crippen LogP contribution in [0.5, 0.6) is 5.75 Å². The van der Waals surface area contributed by atoms with Gasteiger partial charge < -0.3 is 20.3 Å². The molecule has 0 aliphatic carbocycles. The second-order valence-corrected chi connectivity index (χ2v) is 5.06. The molecule has 0 aliphatic heterocycles. The highest BCUT2D eigenvalue weighted by Crippen LogP contribution is 2.14. The molecule has 0 radical (unpaired) electrons. The number of hydrogen-bond donors (Lipinski definition) is 2. The molecule has 1 rings (SSSR count). The summed E-state index contributed by atoms with van der Waals surface area (Å²) < 4.78 is 10.6. The zero-order valence-corrected chi connectivity index (χ0v) is 12.1. The lowest BCUT2D eigenvalue weighted by atomic mass is 9.98. The number of carbonyl (C=O) groups is 1. The minimum absolute atomic E-state index is 0.383. The lowest BCUT2D eigenvalue weighted by Crippen LogP contribution is -2.44. The lowest BCUT2D eigenvalue weighted by molar-refractivity contribution is -0.142. The molecule has 0 saturated carbocycles. The molecule has 1 aromatic carbocycles. The number of methoxy groups -OCH3 is 1. The lowest BCUT2D eigenvalue weighted by Gasteiger charge is -2.18. The highest BCUT2D eigenvalue weighted by Gasteiger charge is 2.26. The Hall–Kier alpha value is -1.59. The van der Waals surface area contributed by atoms with Crippen LogP contribution in [0, 0.1) is 0 Å². The molecule has 0 spiro atoms. The smallest absolute Gasteiger partial charge is 0.323 e. The molecule has 3 N–H and O–H groups in total. The first-order valence-corrected chi connectivity index (χ1v) is 6.68. The maximum Gasteiger partial charge on any atom is 0.323 e. The van der Waals surface area contributed by atoms with E-state index in [1.54, 1.807) is 7.11 Å². The van der Waals surface area contributed by atoms with Crippen LogP contribution in [-0.4, -0.2) is 36.9 Å². The molecule has 1 aromatic rings. The van der Waals surface area contributed by atoms with Crippen LogP contribution in [0.4, 0.5) is 0 Å². The summed E-state index contributed by atoms with van der Waals surface area (Å²) in [6.45, 7) is 2.67. The van der Waals surface area contributed by atoms with Gasteiger partial charge in [0.1, 0.15) is 11.3 Å². The SMILES string of the molecule is COCCc1ccc(OCCCC(C)(N)C(=O)O)cc1. The first-order valence-electron chi connectivity index (χ1n) is 6.68. The Morgan fingerprint density at radius 2 is 1.95 bits per heavy atom. The van der Waals surface area contributed by atoms with Crippen molar-refractivity contribution in [2.45, 2.75) is 31.7 Å². The molecule has 0 heterocycles. The summed E-state index contributed by atoms with van der Waals surface area (Å²) in [5.74, 6) is -0.208. The van der Waals surface area contributed by atoms with Gasteiger partial charge in [-0.15, -0.1) is 0 Å². The molecular weight excluding hydrogens is 258 g/mol. The first-order chi connectivity index (χ1) is 9.45. The van der Waals surface area contributed by atoms with Crippen LogP contribution in [0.25, 0.3) is 0 Å². The monoisotopic (exact) mass is 281 g/mol. The molecule has 1 atom stereocenters. The quantitative estimate of drug-likeness (QED) is 0.675. The molecule has 20 heavy (non-hydrogen) atoms. The molecule has 0 fully saturated rings. The molecule has 1 unspecified atom stereocenters. The maximum absolute atomic E-state index is 10.8. The van der Waals surface area contributed by atoms with Gasteiger partial charge in [-0.1, -0.05) is 12.1 Å². The molecule has 5 nitrogen and oxygen atoms in total. The van der Waals surface area contributed by atoms with E-state index in [0.29, 0.717) is 26.1 Å². The topological polar surface area (TPSA) is 81.8 Å². The Morgan fingerprint density at radius 3 is 2.50 bits per heavy atom. The Labute approximate surface area is 119 Å². The standard InChI is InChI=1S/C15H23NO4/c1-15(16,14(17)18)9-3-10-20-13-6-4-12(5-7-13)8-11-19-2/h4-7H,3,8-11,16H2,1-2H3,(H,17,18). The van der Waals surface area contributed by atoms with Crippen molar-refractivity contribution in [3.05, 3.63) is 29.8 Å². The van der Waals surface area contributed by atoms with E-state index in [-0.39, 0.29) is 0 Å². The number of aliphatic carboxylic acids is 1. The fourth-order valence-electron chi connectivity index (χ4n) is 1.71. The third kappa shape index (κ3) is 5.59. The van der Waals surface area contributed by atoms with Gasteiger partial charge in [-0.3, -0.25) is 4.79 Å². The molecule has 112 valence electrons. The Morgan fingerprint density at radius 1 is 1.30 bits per heavy atom. The van der Waals surface area contributed by atoms with Crippen LogP contribution < -0.4 is 10.5 Å². The summed E-state index contributed by atoms with van der Waals surface area (Å²) in [5, 5.41) is 8.88. The van der Waals surface area contributed by atoms with Gasteiger partial charge in [-0.2, -0.15) is 0 Å². The third-order valence-corrected chi connectivity index (χ3v) is 3.12. The predicted molar refractivity (Wildman–Crippen MR) is 77.0 cm³/mol. The van der Waals surface area contributed by atoms with Crippen molar-refractivity contribution in [1.82, 2.24) is 0 Å². The van der Waals surface area contributed by atoms with Crippen molar-refractivity contribution in [2.75, 3.05) is 20.3 Å². The first kappa shape index (κ1) is 16.5. The van der Waals surface area contributed by atoms with Gasteiger partial charge in [0.15, 0.2) is 0 Å².